The first-order valence-electron chi connectivity index (χ1n) is 13.0. The molecule has 192 valence electrons. The van der Waals surface area contributed by atoms with E-state index in [0.29, 0.717) is 6.04 Å². The second kappa shape index (κ2) is 10.8. The first-order chi connectivity index (χ1) is 17.3. The molecule has 0 saturated carbocycles. The van der Waals surface area contributed by atoms with Crippen LogP contribution < -0.4 is 15.2 Å². The van der Waals surface area contributed by atoms with Gasteiger partial charge in [-0.1, -0.05) is 26.0 Å². The molecule has 2 aromatic heterocycles. The van der Waals surface area contributed by atoms with E-state index >= 15 is 0 Å². The molecule has 0 bridgehead atoms. The minimum absolute atomic E-state index is 0.0589. The third-order valence-electron chi connectivity index (χ3n) is 7.39. The van der Waals surface area contributed by atoms with Crippen LogP contribution >= 0.6 is 0 Å². The molecule has 1 unspecified atom stereocenters. The van der Waals surface area contributed by atoms with Gasteiger partial charge in [0.25, 0.3) is 5.56 Å². The molecule has 1 aliphatic heterocycles. The Morgan fingerprint density at radius 1 is 1.11 bits per heavy atom. The lowest BCUT2D eigenvalue weighted by Crippen LogP contribution is -2.58. The van der Waals surface area contributed by atoms with E-state index in [2.05, 4.69) is 60.9 Å². The number of aryl methyl sites for hydroxylation is 1. The fraction of sp³-hybridized carbons (Fsp3) is 0.536. The van der Waals surface area contributed by atoms with Crippen molar-refractivity contribution < 1.29 is 4.74 Å². The first-order valence-corrected chi connectivity index (χ1v) is 13.0. The normalized spacial score (nSPS) is 19.6. The van der Waals surface area contributed by atoms with Crippen LogP contribution in [-0.4, -0.2) is 50.5 Å². The Balaban J connectivity index is 1.65. The minimum Gasteiger partial charge on any atom is -0.491 e. The predicted molar refractivity (Wildman–Crippen MR) is 143 cm³/mol. The minimum atomic E-state index is -0.0589. The van der Waals surface area contributed by atoms with Gasteiger partial charge in [-0.3, -0.25) is 14.4 Å². The number of hydrogen-bond donors (Lipinski definition) is 0. The Morgan fingerprint density at radius 2 is 1.81 bits per heavy atom. The predicted octanol–water partition coefficient (Wildman–Crippen LogP) is 4.49. The summed E-state index contributed by atoms with van der Waals surface area (Å²) in [6.07, 6.45) is 3.91. The molecule has 1 fully saturated rings. The SMILES string of the molecule is CC[C@H]1CN(C(C)c2ccc(OC(C)C)cc2)[C@H](CC)CN1c1cc(=O)n(C)c2cn(CC#N)nc12. The van der Waals surface area contributed by atoms with E-state index in [-0.39, 0.29) is 30.3 Å². The molecule has 8 heteroatoms. The second-order valence-corrected chi connectivity index (χ2v) is 10.0. The maximum atomic E-state index is 12.9. The van der Waals surface area contributed by atoms with Gasteiger partial charge >= 0.3 is 0 Å². The molecular weight excluding hydrogens is 452 g/mol. The van der Waals surface area contributed by atoms with E-state index in [1.54, 1.807) is 28.6 Å². The van der Waals surface area contributed by atoms with E-state index in [9.17, 15) is 4.79 Å². The topological polar surface area (TPSA) is 79.3 Å². The summed E-state index contributed by atoms with van der Waals surface area (Å²) in [4.78, 5) is 17.9. The van der Waals surface area contributed by atoms with Gasteiger partial charge in [-0.15, -0.1) is 0 Å². The van der Waals surface area contributed by atoms with E-state index in [1.165, 1.54) is 5.56 Å². The van der Waals surface area contributed by atoms with Crippen molar-refractivity contribution in [1.29, 1.82) is 5.26 Å². The van der Waals surface area contributed by atoms with Gasteiger partial charge in [-0.2, -0.15) is 10.4 Å². The third-order valence-corrected chi connectivity index (χ3v) is 7.39. The largest absolute Gasteiger partial charge is 0.491 e. The summed E-state index contributed by atoms with van der Waals surface area (Å²) in [6.45, 7) is 12.7. The average Bonchev–Trinajstić information content (AvgIpc) is 3.29. The summed E-state index contributed by atoms with van der Waals surface area (Å²) in [5, 5.41) is 13.9. The van der Waals surface area contributed by atoms with Gasteiger partial charge in [0.15, 0.2) is 0 Å². The van der Waals surface area contributed by atoms with Crippen molar-refractivity contribution in [2.24, 2.45) is 7.05 Å². The lowest BCUT2D eigenvalue weighted by atomic mass is 9.96. The van der Waals surface area contributed by atoms with Gasteiger partial charge < -0.3 is 14.2 Å². The average molecular weight is 491 g/mol. The van der Waals surface area contributed by atoms with Crippen LogP contribution in [0.3, 0.4) is 0 Å². The monoisotopic (exact) mass is 490 g/mol. The number of nitriles is 1. The summed E-state index contributed by atoms with van der Waals surface area (Å²) in [5.74, 6) is 0.898. The van der Waals surface area contributed by atoms with Gasteiger partial charge in [0.1, 0.15) is 17.8 Å². The molecular formula is C28H38N6O2. The van der Waals surface area contributed by atoms with Gasteiger partial charge in [-0.25, -0.2) is 0 Å². The molecule has 0 N–H and O–H groups in total. The first kappa shape index (κ1) is 25.8. The van der Waals surface area contributed by atoms with Crippen LogP contribution in [0.5, 0.6) is 5.75 Å². The Bertz CT molecular complexity index is 1290. The van der Waals surface area contributed by atoms with E-state index in [1.807, 2.05) is 13.8 Å². The summed E-state index contributed by atoms with van der Waals surface area (Å²) < 4.78 is 9.07. The Kier molecular flexibility index (Phi) is 7.70. The maximum Gasteiger partial charge on any atom is 0.252 e. The van der Waals surface area contributed by atoms with Crippen molar-refractivity contribution in [3.63, 3.8) is 0 Å². The zero-order valence-corrected chi connectivity index (χ0v) is 22.3. The highest BCUT2D eigenvalue weighted by Crippen LogP contribution is 2.34. The second-order valence-electron chi connectivity index (χ2n) is 10.0. The molecule has 3 heterocycles. The number of fused-ring (bicyclic) bond motifs is 1. The quantitative estimate of drug-likeness (QED) is 0.463. The van der Waals surface area contributed by atoms with Crippen LogP contribution in [0.25, 0.3) is 11.0 Å². The number of aromatic nitrogens is 3. The smallest absolute Gasteiger partial charge is 0.252 e. The lowest BCUT2D eigenvalue weighted by molar-refractivity contribution is 0.101. The molecule has 1 aliphatic rings. The molecule has 4 rings (SSSR count). The summed E-state index contributed by atoms with van der Waals surface area (Å²) in [6, 6.07) is 13.2. The van der Waals surface area contributed by atoms with Gasteiger partial charge in [0.2, 0.25) is 0 Å². The molecule has 0 aliphatic carbocycles. The Labute approximate surface area is 213 Å². The number of anilines is 1. The van der Waals surface area contributed by atoms with E-state index < -0.39 is 0 Å². The van der Waals surface area contributed by atoms with Gasteiger partial charge in [0.05, 0.1) is 29.6 Å². The molecule has 0 radical (unpaired) electrons. The molecule has 1 aromatic carbocycles. The molecule has 0 spiro atoms. The van der Waals surface area contributed by atoms with Crippen LogP contribution in [0.1, 0.15) is 59.1 Å². The summed E-state index contributed by atoms with van der Waals surface area (Å²) in [5.41, 5.74) is 3.63. The van der Waals surface area contributed by atoms with Crippen LogP contribution in [0.4, 0.5) is 5.69 Å². The fourth-order valence-corrected chi connectivity index (χ4v) is 5.35. The van der Waals surface area contributed by atoms with Crippen LogP contribution in [0.15, 0.2) is 41.3 Å². The molecule has 0 amide bonds. The van der Waals surface area contributed by atoms with Gasteiger partial charge in [-0.05, 0) is 51.3 Å². The molecule has 1 saturated heterocycles. The summed E-state index contributed by atoms with van der Waals surface area (Å²) in [7, 11) is 1.76. The van der Waals surface area contributed by atoms with Crippen molar-refractivity contribution in [1.82, 2.24) is 19.2 Å². The van der Waals surface area contributed by atoms with Gasteiger partial charge in [0, 0.05) is 44.3 Å². The summed E-state index contributed by atoms with van der Waals surface area (Å²) >= 11 is 0. The van der Waals surface area contributed by atoms with Crippen molar-refractivity contribution in [3.8, 4) is 11.8 Å². The maximum absolute atomic E-state index is 12.9. The van der Waals surface area contributed by atoms with Crippen LogP contribution in [-0.2, 0) is 13.6 Å². The van der Waals surface area contributed by atoms with E-state index in [0.717, 1.165) is 48.4 Å². The number of pyridine rings is 1. The van der Waals surface area contributed by atoms with Crippen molar-refractivity contribution >= 4 is 16.7 Å². The van der Waals surface area contributed by atoms with Crippen molar-refractivity contribution in [3.05, 3.63) is 52.4 Å². The van der Waals surface area contributed by atoms with Crippen molar-refractivity contribution in [2.75, 3.05) is 18.0 Å². The molecule has 36 heavy (non-hydrogen) atoms. The standard InChI is InChI=1S/C28H38N6O2/c1-7-22-17-34(25-15-27(35)31(6)26-18-32(14-13-29)30-28(25)26)23(8-2)16-33(22)20(5)21-9-11-24(12-10-21)36-19(3)4/h9-12,15,18-20,22-23H,7-8,14,16-17H2,1-6H3/t20?,22-,23+/m1/s1. The molecule has 3 atom stereocenters. The number of nitrogens with zero attached hydrogens (tertiary/aromatic N) is 6. The molecule has 3 aromatic rings. The number of piperazine rings is 1. The highest BCUT2D eigenvalue weighted by atomic mass is 16.5. The number of ether oxygens (including phenoxy) is 1. The zero-order chi connectivity index (χ0) is 26.0. The Hall–Kier alpha value is -3.31. The fourth-order valence-electron chi connectivity index (χ4n) is 5.35. The molecule has 8 nitrogen and oxygen atoms in total. The van der Waals surface area contributed by atoms with Crippen molar-refractivity contribution in [2.45, 2.75) is 78.2 Å². The zero-order valence-electron chi connectivity index (χ0n) is 22.3. The number of benzene rings is 1. The lowest BCUT2D eigenvalue weighted by Gasteiger charge is -2.49. The van der Waals surface area contributed by atoms with Crippen LogP contribution in [0.2, 0.25) is 0 Å². The number of hydrogen-bond acceptors (Lipinski definition) is 6. The third kappa shape index (κ3) is 4.98. The highest BCUT2D eigenvalue weighted by Gasteiger charge is 2.36. The van der Waals surface area contributed by atoms with Crippen LogP contribution in [0, 0.1) is 11.3 Å². The Morgan fingerprint density at radius 3 is 2.42 bits per heavy atom. The highest BCUT2D eigenvalue weighted by molar-refractivity contribution is 5.88. The number of rotatable bonds is 8. The van der Waals surface area contributed by atoms with E-state index in [4.69, 9.17) is 15.1 Å².